The van der Waals surface area contributed by atoms with Gasteiger partial charge in [-0.1, -0.05) is 26.0 Å². The lowest BCUT2D eigenvalue weighted by atomic mass is 9.46. The van der Waals surface area contributed by atoms with Crippen LogP contribution in [0.15, 0.2) is 23.8 Å². The molecule has 2 N–H and O–H groups in total. The number of allylic oxidation sites excluding steroid dienone is 1. The fourth-order valence-electron chi connectivity index (χ4n) is 7.47. The number of fused-ring (bicyclic) bond motifs is 5. The van der Waals surface area contributed by atoms with Crippen molar-refractivity contribution >= 4 is 5.78 Å². The van der Waals surface area contributed by atoms with Gasteiger partial charge in [-0.2, -0.15) is 0 Å². The molecular weight excluding hydrogens is 312 g/mol. The van der Waals surface area contributed by atoms with Crippen LogP contribution in [0.4, 0.5) is 0 Å². The molecule has 0 spiro atoms. The SMILES string of the molecule is C=C(CO)[C@H]1CC[C@H]2[C@@H]3CCC4=CC(=O)CC[C@]4(C)[C@H]3[C@@H](O)C[C@]12C. The summed E-state index contributed by atoms with van der Waals surface area (Å²) in [6.45, 7) is 8.81. The standard InChI is InChI=1S/C22H32O3/c1-13(12-23)17-6-7-18-16-5-4-14-10-15(24)8-9-21(14,2)20(16)19(25)11-22(17,18)3/h10,16-20,23,25H,1,4-9,11-12H2,2-3H3/t16-,17+,18-,19-,20+,21-,22+/m0/s1. The van der Waals surface area contributed by atoms with Crippen LogP contribution < -0.4 is 0 Å². The molecule has 4 aliphatic carbocycles. The zero-order valence-corrected chi connectivity index (χ0v) is 15.6. The molecule has 0 aliphatic heterocycles. The molecule has 3 saturated carbocycles. The molecule has 0 heterocycles. The van der Waals surface area contributed by atoms with Crippen molar-refractivity contribution in [3.63, 3.8) is 0 Å². The molecule has 138 valence electrons. The number of carbonyl (C=O) groups is 1. The normalized spacial score (nSPS) is 49.0. The van der Waals surface area contributed by atoms with Crippen LogP contribution >= 0.6 is 0 Å². The van der Waals surface area contributed by atoms with Gasteiger partial charge < -0.3 is 10.2 Å². The van der Waals surface area contributed by atoms with E-state index in [1.54, 1.807) is 0 Å². The highest BCUT2D eigenvalue weighted by molar-refractivity contribution is 5.91. The van der Waals surface area contributed by atoms with Crippen molar-refractivity contribution in [3.05, 3.63) is 23.8 Å². The zero-order chi connectivity index (χ0) is 18.0. The Balaban J connectivity index is 1.70. The van der Waals surface area contributed by atoms with E-state index in [4.69, 9.17) is 0 Å². The monoisotopic (exact) mass is 344 g/mol. The Morgan fingerprint density at radius 3 is 2.76 bits per heavy atom. The van der Waals surface area contributed by atoms with E-state index in [0.29, 0.717) is 24.2 Å². The van der Waals surface area contributed by atoms with Gasteiger partial charge in [-0.3, -0.25) is 4.79 Å². The first kappa shape index (κ1) is 17.5. The number of carbonyl (C=O) groups excluding carboxylic acids is 1. The lowest BCUT2D eigenvalue weighted by Gasteiger charge is -2.60. The third-order valence-electron chi connectivity index (χ3n) is 8.59. The van der Waals surface area contributed by atoms with Gasteiger partial charge in [0.05, 0.1) is 12.7 Å². The van der Waals surface area contributed by atoms with Gasteiger partial charge in [-0.15, -0.1) is 0 Å². The number of aliphatic hydroxyl groups excluding tert-OH is 2. The van der Waals surface area contributed by atoms with Crippen LogP contribution in [0.1, 0.15) is 58.8 Å². The van der Waals surface area contributed by atoms with Crippen molar-refractivity contribution in [1.82, 2.24) is 0 Å². The maximum atomic E-state index is 11.9. The van der Waals surface area contributed by atoms with Crippen molar-refractivity contribution in [1.29, 1.82) is 0 Å². The zero-order valence-electron chi connectivity index (χ0n) is 15.6. The summed E-state index contributed by atoms with van der Waals surface area (Å²) in [6.07, 6.45) is 8.28. The summed E-state index contributed by atoms with van der Waals surface area (Å²) in [6, 6.07) is 0. The van der Waals surface area contributed by atoms with Crippen LogP contribution in [-0.4, -0.2) is 28.7 Å². The van der Waals surface area contributed by atoms with E-state index in [1.165, 1.54) is 12.0 Å². The Morgan fingerprint density at radius 1 is 1.28 bits per heavy atom. The third kappa shape index (κ3) is 2.35. The largest absolute Gasteiger partial charge is 0.393 e. The quantitative estimate of drug-likeness (QED) is 0.752. The smallest absolute Gasteiger partial charge is 0.155 e. The Morgan fingerprint density at radius 2 is 2.04 bits per heavy atom. The summed E-state index contributed by atoms with van der Waals surface area (Å²) in [5.41, 5.74) is 2.29. The highest BCUT2D eigenvalue weighted by atomic mass is 16.3. The minimum atomic E-state index is -0.319. The second-order valence-electron chi connectivity index (χ2n) is 9.61. The van der Waals surface area contributed by atoms with E-state index >= 15 is 0 Å². The molecule has 3 heteroatoms. The number of aliphatic hydroxyl groups is 2. The third-order valence-corrected chi connectivity index (χ3v) is 8.59. The lowest BCUT2D eigenvalue weighted by molar-refractivity contribution is -0.131. The molecule has 0 aromatic heterocycles. The highest BCUT2D eigenvalue weighted by Crippen LogP contribution is 2.67. The minimum absolute atomic E-state index is 0.0103. The molecule has 25 heavy (non-hydrogen) atoms. The summed E-state index contributed by atoms with van der Waals surface area (Å²) in [4.78, 5) is 11.9. The van der Waals surface area contributed by atoms with Gasteiger partial charge >= 0.3 is 0 Å². The van der Waals surface area contributed by atoms with E-state index < -0.39 is 0 Å². The fourth-order valence-corrected chi connectivity index (χ4v) is 7.47. The molecule has 4 rings (SSSR count). The Hall–Kier alpha value is -0.930. The van der Waals surface area contributed by atoms with Crippen LogP contribution in [0.3, 0.4) is 0 Å². The van der Waals surface area contributed by atoms with E-state index in [0.717, 1.165) is 37.7 Å². The summed E-state index contributed by atoms with van der Waals surface area (Å²) in [5, 5.41) is 20.9. The number of rotatable bonds is 2. The van der Waals surface area contributed by atoms with E-state index in [9.17, 15) is 15.0 Å². The topological polar surface area (TPSA) is 57.5 Å². The first-order chi connectivity index (χ1) is 11.8. The van der Waals surface area contributed by atoms with Gasteiger partial charge in [0.15, 0.2) is 5.78 Å². The summed E-state index contributed by atoms with van der Waals surface area (Å²) in [5.74, 6) is 2.00. The number of ketones is 1. The van der Waals surface area contributed by atoms with Crippen molar-refractivity contribution in [3.8, 4) is 0 Å². The molecule has 0 radical (unpaired) electrons. The number of hydrogen-bond donors (Lipinski definition) is 2. The van der Waals surface area contributed by atoms with Gasteiger partial charge in [-0.05, 0) is 84.7 Å². The van der Waals surface area contributed by atoms with E-state index in [1.807, 2.05) is 6.08 Å². The Bertz CT molecular complexity index is 635. The minimum Gasteiger partial charge on any atom is -0.393 e. The second kappa shape index (κ2) is 5.79. The second-order valence-corrected chi connectivity index (χ2v) is 9.61. The van der Waals surface area contributed by atoms with Crippen molar-refractivity contribution in [2.75, 3.05) is 6.61 Å². The summed E-state index contributed by atoms with van der Waals surface area (Å²) >= 11 is 0. The molecule has 0 aromatic rings. The molecule has 4 aliphatic rings. The number of hydrogen-bond acceptors (Lipinski definition) is 3. The lowest BCUT2D eigenvalue weighted by Crippen LogP contribution is -2.56. The maximum absolute atomic E-state index is 11.9. The van der Waals surface area contributed by atoms with Crippen molar-refractivity contribution < 1.29 is 15.0 Å². The van der Waals surface area contributed by atoms with Crippen molar-refractivity contribution in [2.24, 2.45) is 34.5 Å². The predicted octanol–water partition coefficient (Wildman–Crippen LogP) is 3.65. The van der Waals surface area contributed by atoms with Crippen LogP contribution in [0, 0.1) is 34.5 Å². The molecule has 0 amide bonds. The Labute approximate surface area is 151 Å². The van der Waals surface area contributed by atoms with Gasteiger partial charge in [0.2, 0.25) is 0 Å². The molecular formula is C22H32O3. The fraction of sp³-hybridized carbons (Fsp3) is 0.773. The molecule has 3 nitrogen and oxygen atoms in total. The van der Waals surface area contributed by atoms with E-state index in [2.05, 4.69) is 20.4 Å². The van der Waals surface area contributed by atoms with Crippen LogP contribution in [-0.2, 0) is 4.79 Å². The average molecular weight is 344 g/mol. The average Bonchev–Trinajstić information content (AvgIpc) is 2.91. The first-order valence-corrected chi connectivity index (χ1v) is 10.0. The van der Waals surface area contributed by atoms with Crippen LogP contribution in [0.25, 0.3) is 0 Å². The van der Waals surface area contributed by atoms with Gasteiger partial charge in [0.25, 0.3) is 0 Å². The van der Waals surface area contributed by atoms with Gasteiger partial charge in [-0.25, -0.2) is 0 Å². The molecule has 0 aromatic carbocycles. The van der Waals surface area contributed by atoms with E-state index in [-0.39, 0.29) is 35.2 Å². The maximum Gasteiger partial charge on any atom is 0.155 e. The highest BCUT2D eigenvalue weighted by Gasteiger charge is 2.62. The molecule has 0 bridgehead atoms. The summed E-state index contributed by atoms with van der Waals surface area (Å²) < 4.78 is 0. The Kier molecular flexibility index (Phi) is 4.05. The predicted molar refractivity (Wildman–Crippen MR) is 97.8 cm³/mol. The summed E-state index contributed by atoms with van der Waals surface area (Å²) in [7, 11) is 0. The molecule has 7 atom stereocenters. The van der Waals surface area contributed by atoms with Gasteiger partial charge in [0, 0.05) is 6.42 Å². The molecule has 0 unspecified atom stereocenters. The molecule has 3 fully saturated rings. The molecule has 0 saturated heterocycles. The van der Waals surface area contributed by atoms with Crippen molar-refractivity contribution in [2.45, 2.75) is 64.9 Å². The van der Waals surface area contributed by atoms with Crippen LogP contribution in [0.5, 0.6) is 0 Å². The van der Waals surface area contributed by atoms with Crippen LogP contribution in [0.2, 0.25) is 0 Å². The first-order valence-electron chi connectivity index (χ1n) is 10.0. The van der Waals surface area contributed by atoms with Gasteiger partial charge in [0.1, 0.15) is 0 Å².